The van der Waals surface area contributed by atoms with Gasteiger partial charge in [-0.05, 0) is 56.9 Å². The SMILES string of the molecule is Cc1ccc(C(=O)N(C(=O)OCOC(=O)C(C)NC=O)c2ccon2)cc1N/C(=N/C=N)c1[nH]cc(C(=O)NC2CC2)c1C. The molecular formula is C28H30N8O8. The van der Waals surface area contributed by atoms with Crippen molar-refractivity contribution in [2.24, 2.45) is 4.99 Å². The monoisotopic (exact) mass is 606 g/mol. The van der Waals surface area contributed by atoms with E-state index in [9.17, 15) is 24.0 Å². The molecule has 2 aromatic heterocycles. The van der Waals surface area contributed by atoms with Crippen molar-refractivity contribution in [3.63, 3.8) is 0 Å². The Labute approximate surface area is 250 Å². The van der Waals surface area contributed by atoms with Crippen LogP contribution in [0.5, 0.6) is 0 Å². The van der Waals surface area contributed by atoms with Gasteiger partial charge in [0, 0.05) is 29.6 Å². The van der Waals surface area contributed by atoms with E-state index >= 15 is 0 Å². The van der Waals surface area contributed by atoms with E-state index in [4.69, 9.17) is 19.4 Å². The predicted octanol–water partition coefficient (Wildman–Crippen LogP) is 2.40. The molecule has 1 atom stereocenters. The smallest absolute Gasteiger partial charge is 0.425 e. The fourth-order valence-corrected chi connectivity index (χ4v) is 3.94. The lowest BCUT2D eigenvalue weighted by molar-refractivity contribution is -0.154. The van der Waals surface area contributed by atoms with Gasteiger partial charge in [0.2, 0.25) is 13.2 Å². The minimum atomic E-state index is -1.21. The summed E-state index contributed by atoms with van der Waals surface area (Å²) >= 11 is 0. The molecule has 1 aromatic carbocycles. The van der Waals surface area contributed by atoms with Crippen molar-refractivity contribution in [1.82, 2.24) is 20.8 Å². The third-order valence-corrected chi connectivity index (χ3v) is 6.56. The number of nitrogens with zero attached hydrogens (tertiary/aromatic N) is 3. The zero-order valence-corrected chi connectivity index (χ0v) is 24.0. The van der Waals surface area contributed by atoms with Gasteiger partial charge in [0.05, 0.1) is 11.3 Å². The van der Waals surface area contributed by atoms with E-state index in [0.717, 1.165) is 25.4 Å². The molecule has 44 heavy (non-hydrogen) atoms. The Hall–Kier alpha value is -5.80. The van der Waals surface area contributed by atoms with Crippen LogP contribution in [0.4, 0.5) is 16.3 Å². The van der Waals surface area contributed by atoms with E-state index in [1.54, 1.807) is 26.1 Å². The summed E-state index contributed by atoms with van der Waals surface area (Å²) in [6.07, 6.45) is 4.53. The highest BCUT2D eigenvalue weighted by molar-refractivity contribution is 6.19. The van der Waals surface area contributed by atoms with Gasteiger partial charge in [0.15, 0.2) is 11.7 Å². The number of amidine groups is 1. The Kier molecular flexibility index (Phi) is 9.85. The van der Waals surface area contributed by atoms with Crippen LogP contribution in [0.25, 0.3) is 0 Å². The lowest BCUT2D eigenvalue weighted by atomic mass is 10.1. The highest BCUT2D eigenvalue weighted by Gasteiger charge is 2.30. The van der Waals surface area contributed by atoms with Crippen LogP contribution in [0.3, 0.4) is 0 Å². The van der Waals surface area contributed by atoms with Gasteiger partial charge in [-0.3, -0.25) is 19.8 Å². The van der Waals surface area contributed by atoms with Gasteiger partial charge in [-0.25, -0.2) is 14.6 Å². The number of carbonyl (C=O) groups is 5. The van der Waals surface area contributed by atoms with E-state index in [2.05, 4.69) is 31.1 Å². The van der Waals surface area contributed by atoms with Crippen LogP contribution in [0.1, 0.15) is 57.3 Å². The number of ether oxygens (including phenoxy) is 2. The van der Waals surface area contributed by atoms with Crippen molar-refractivity contribution < 1.29 is 38.0 Å². The summed E-state index contributed by atoms with van der Waals surface area (Å²) in [7, 11) is 0. The number of H-pyrrole nitrogens is 1. The van der Waals surface area contributed by atoms with Crippen molar-refractivity contribution in [2.75, 3.05) is 17.0 Å². The number of nitrogens with one attached hydrogen (secondary N) is 5. The molecule has 3 aromatic rings. The molecule has 4 rings (SSSR count). The third kappa shape index (κ3) is 7.33. The number of rotatable bonds is 12. The van der Waals surface area contributed by atoms with Crippen LogP contribution in [-0.4, -0.2) is 71.5 Å². The van der Waals surface area contributed by atoms with Crippen LogP contribution in [0.2, 0.25) is 0 Å². The molecule has 0 radical (unpaired) electrons. The van der Waals surface area contributed by atoms with Gasteiger partial charge < -0.3 is 34.9 Å². The number of aliphatic imine (C=N–C) groups is 1. The normalized spacial score (nSPS) is 13.3. The largest absolute Gasteiger partial charge is 0.426 e. The molecule has 1 aliphatic carbocycles. The Balaban J connectivity index is 1.54. The summed E-state index contributed by atoms with van der Waals surface area (Å²) in [4.78, 5) is 69.3. The van der Waals surface area contributed by atoms with Crippen molar-refractivity contribution in [3.05, 3.63) is 64.7 Å². The molecule has 1 aliphatic rings. The molecule has 16 nitrogen and oxygen atoms in total. The van der Waals surface area contributed by atoms with Crippen molar-refractivity contribution in [2.45, 2.75) is 45.7 Å². The lowest BCUT2D eigenvalue weighted by Crippen LogP contribution is -2.39. The number of carbonyl (C=O) groups excluding carboxylic acids is 5. The lowest BCUT2D eigenvalue weighted by Gasteiger charge is -2.19. The van der Waals surface area contributed by atoms with Crippen LogP contribution < -0.4 is 20.9 Å². The Bertz CT molecular complexity index is 1590. The first kappa shape index (κ1) is 31.1. The minimum Gasteiger partial charge on any atom is -0.426 e. The molecule has 0 aliphatic heterocycles. The molecule has 1 unspecified atom stereocenters. The molecule has 0 bridgehead atoms. The van der Waals surface area contributed by atoms with Crippen LogP contribution in [-0.2, 0) is 19.1 Å². The number of benzene rings is 1. The Morgan fingerprint density at radius 3 is 2.66 bits per heavy atom. The predicted molar refractivity (Wildman–Crippen MR) is 156 cm³/mol. The number of aromatic nitrogens is 2. The van der Waals surface area contributed by atoms with Gasteiger partial charge in [0.25, 0.3) is 11.8 Å². The van der Waals surface area contributed by atoms with Crippen LogP contribution >= 0.6 is 0 Å². The van der Waals surface area contributed by atoms with E-state index < -0.39 is 30.8 Å². The topological polar surface area (TPSA) is 221 Å². The van der Waals surface area contributed by atoms with Gasteiger partial charge in [-0.15, -0.1) is 0 Å². The molecule has 1 saturated carbocycles. The standard InChI is InChI=1S/C28H30N8O8/c1-15-4-5-18(26(39)36(22-8-9-44-35-22)28(41)43-14-42-27(40)17(3)32-13-37)10-21(15)34-24(31-12-29)23-16(2)20(11-30-23)25(38)33-19-6-7-19/h4-5,8-13,17,19,30H,6-7,14H2,1-3H3,(H,32,37)(H,33,38)(H2,29,31,34). The maximum absolute atomic E-state index is 13.6. The molecule has 0 saturated heterocycles. The number of aryl methyl sites for hydroxylation is 1. The molecule has 2 heterocycles. The van der Waals surface area contributed by atoms with E-state index in [-0.39, 0.29) is 29.2 Å². The molecule has 230 valence electrons. The molecule has 5 N–H and O–H groups in total. The van der Waals surface area contributed by atoms with Crippen molar-refractivity contribution in [1.29, 1.82) is 5.41 Å². The van der Waals surface area contributed by atoms with Crippen LogP contribution in [0, 0.1) is 19.3 Å². The van der Waals surface area contributed by atoms with Gasteiger partial charge in [-0.2, -0.15) is 4.90 Å². The number of anilines is 2. The van der Waals surface area contributed by atoms with Crippen LogP contribution in [0.15, 0.2) is 46.2 Å². The third-order valence-electron chi connectivity index (χ3n) is 6.56. The fraction of sp³-hybridized carbons (Fsp3) is 0.286. The number of imide groups is 1. The highest BCUT2D eigenvalue weighted by Crippen LogP contribution is 2.24. The first-order valence-electron chi connectivity index (χ1n) is 13.4. The van der Waals surface area contributed by atoms with Crippen molar-refractivity contribution in [3.8, 4) is 0 Å². The second-order valence-electron chi connectivity index (χ2n) is 9.71. The summed E-state index contributed by atoms with van der Waals surface area (Å²) in [5.74, 6) is -1.91. The Morgan fingerprint density at radius 1 is 1.23 bits per heavy atom. The highest BCUT2D eigenvalue weighted by atomic mass is 16.7. The number of aromatic amines is 1. The molecule has 16 heteroatoms. The zero-order chi connectivity index (χ0) is 31.8. The zero-order valence-electron chi connectivity index (χ0n) is 24.0. The number of hydrogen-bond acceptors (Lipinski definition) is 10. The second-order valence-corrected chi connectivity index (χ2v) is 9.71. The maximum atomic E-state index is 13.6. The maximum Gasteiger partial charge on any atom is 0.425 e. The van der Waals surface area contributed by atoms with E-state index in [0.29, 0.717) is 39.4 Å². The molecular weight excluding hydrogens is 576 g/mol. The quantitative estimate of drug-likeness (QED) is 0.0666. The van der Waals surface area contributed by atoms with E-state index in [1.165, 1.54) is 25.1 Å². The number of hydrogen-bond donors (Lipinski definition) is 5. The molecule has 1 fully saturated rings. The average Bonchev–Trinajstić information content (AvgIpc) is 3.48. The summed E-state index contributed by atoms with van der Waals surface area (Å²) in [6.45, 7) is 4.05. The van der Waals surface area contributed by atoms with Gasteiger partial charge in [0.1, 0.15) is 18.6 Å². The summed E-state index contributed by atoms with van der Waals surface area (Å²) in [6, 6.07) is 5.01. The van der Waals surface area contributed by atoms with Gasteiger partial charge >= 0.3 is 12.1 Å². The summed E-state index contributed by atoms with van der Waals surface area (Å²) < 4.78 is 14.6. The van der Waals surface area contributed by atoms with Gasteiger partial charge in [-0.1, -0.05) is 11.2 Å². The van der Waals surface area contributed by atoms with E-state index in [1.807, 2.05) is 0 Å². The number of amides is 4. The fourth-order valence-electron chi connectivity index (χ4n) is 3.94. The average molecular weight is 607 g/mol. The minimum absolute atomic E-state index is 0.0285. The molecule has 4 amide bonds. The molecule has 0 spiro atoms. The Morgan fingerprint density at radius 2 is 2.00 bits per heavy atom. The summed E-state index contributed by atoms with van der Waals surface area (Å²) in [5.41, 5.74) is 2.64. The van der Waals surface area contributed by atoms with Crippen molar-refractivity contribution >= 4 is 54.0 Å². The first-order chi connectivity index (χ1) is 21.1. The first-order valence-corrected chi connectivity index (χ1v) is 13.4. The number of esters is 1. The second kappa shape index (κ2) is 13.9. The summed E-state index contributed by atoms with van der Waals surface area (Å²) in [5, 5.41) is 19.5.